The summed E-state index contributed by atoms with van der Waals surface area (Å²) in [5, 5.41) is 3.33. The number of hydrogen-bond donors (Lipinski definition) is 2. The number of fused-ring (bicyclic) bond motifs is 3. The number of nitrogens with zero attached hydrogens (tertiary/aromatic N) is 3. The van der Waals surface area contributed by atoms with Gasteiger partial charge in [0.2, 0.25) is 0 Å². The molecule has 7 nitrogen and oxygen atoms in total. The highest BCUT2D eigenvalue weighted by molar-refractivity contribution is 5.91. The summed E-state index contributed by atoms with van der Waals surface area (Å²) in [7, 11) is 1.80. The molecule has 162 valence electrons. The van der Waals surface area contributed by atoms with Crippen LogP contribution in [0, 0.1) is 6.92 Å². The molecule has 0 bridgehead atoms. The summed E-state index contributed by atoms with van der Waals surface area (Å²) in [6.07, 6.45) is 5.55. The molecule has 32 heavy (non-hydrogen) atoms. The molecule has 1 aromatic carbocycles. The molecule has 3 aromatic heterocycles. The average Bonchev–Trinajstić information content (AvgIpc) is 3.19. The van der Waals surface area contributed by atoms with Gasteiger partial charge in [0.1, 0.15) is 11.2 Å². The second-order valence-electron chi connectivity index (χ2n) is 8.32. The summed E-state index contributed by atoms with van der Waals surface area (Å²) in [5.74, 6) is -0.539. The molecule has 0 aliphatic carbocycles. The molecule has 0 unspecified atom stereocenters. The van der Waals surface area contributed by atoms with Crippen LogP contribution in [0.25, 0.3) is 22.1 Å². The van der Waals surface area contributed by atoms with Crippen LogP contribution in [-0.2, 0) is 13.5 Å². The van der Waals surface area contributed by atoms with Crippen LogP contribution in [-0.4, -0.2) is 32.9 Å². The number of amides is 1. The minimum atomic E-state index is -0.539. The van der Waals surface area contributed by atoms with E-state index in [0.29, 0.717) is 11.9 Å². The van der Waals surface area contributed by atoms with Crippen LogP contribution in [0.15, 0.2) is 53.5 Å². The minimum absolute atomic E-state index is 0.0217. The van der Waals surface area contributed by atoms with Crippen molar-refractivity contribution >= 4 is 28.0 Å². The third-order valence-electron chi connectivity index (χ3n) is 6.26. The SMILES string of the molecule is Cc1ccn2c1c(=O)n(C)c1cc(Cc3nc(C(N)=O)ccc3C3=CCNCC3)ccc12. The van der Waals surface area contributed by atoms with Crippen LogP contribution in [0.2, 0.25) is 0 Å². The molecule has 1 aliphatic heterocycles. The van der Waals surface area contributed by atoms with Gasteiger partial charge in [0, 0.05) is 26.2 Å². The fourth-order valence-electron chi connectivity index (χ4n) is 4.55. The van der Waals surface area contributed by atoms with Crippen molar-refractivity contribution in [1.29, 1.82) is 0 Å². The van der Waals surface area contributed by atoms with Crippen molar-refractivity contribution in [2.45, 2.75) is 19.8 Å². The Morgan fingerprint density at radius 1 is 1.19 bits per heavy atom. The maximum absolute atomic E-state index is 12.9. The number of nitrogens with one attached hydrogen (secondary N) is 1. The smallest absolute Gasteiger partial charge is 0.275 e. The third kappa shape index (κ3) is 3.31. The van der Waals surface area contributed by atoms with Crippen LogP contribution < -0.4 is 16.6 Å². The molecule has 1 aliphatic rings. The van der Waals surface area contributed by atoms with Gasteiger partial charge in [-0.3, -0.25) is 9.59 Å². The van der Waals surface area contributed by atoms with E-state index >= 15 is 0 Å². The molecule has 0 radical (unpaired) electrons. The van der Waals surface area contributed by atoms with Crippen molar-refractivity contribution in [3.63, 3.8) is 0 Å². The van der Waals surface area contributed by atoms with Crippen LogP contribution in [0.3, 0.4) is 0 Å². The summed E-state index contributed by atoms with van der Waals surface area (Å²) in [6.45, 7) is 3.68. The Kier molecular flexibility index (Phi) is 4.90. The second-order valence-corrected chi connectivity index (χ2v) is 8.32. The largest absolute Gasteiger partial charge is 0.364 e. The molecule has 3 N–H and O–H groups in total. The predicted octanol–water partition coefficient (Wildman–Crippen LogP) is 2.56. The number of aryl methyl sites for hydroxylation is 2. The van der Waals surface area contributed by atoms with E-state index in [4.69, 9.17) is 5.73 Å². The van der Waals surface area contributed by atoms with Crippen LogP contribution in [0.5, 0.6) is 0 Å². The highest BCUT2D eigenvalue weighted by atomic mass is 16.1. The maximum atomic E-state index is 12.9. The summed E-state index contributed by atoms with van der Waals surface area (Å²) in [4.78, 5) is 29.3. The lowest BCUT2D eigenvalue weighted by Crippen LogP contribution is -2.21. The van der Waals surface area contributed by atoms with E-state index in [-0.39, 0.29) is 11.3 Å². The highest BCUT2D eigenvalue weighted by Gasteiger charge is 2.16. The maximum Gasteiger partial charge on any atom is 0.275 e. The molecule has 0 fully saturated rings. The topological polar surface area (TPSA) is 94.4 Å². The minimum Gasteiger partial charge on any atom is -0.364 e. The zero-order chi connectivity index (χ0) is 22.4. The van der Waals surface area contributed by atoms with Gasteiger partial charge in [0.05, 0.1) is 16.7 Å². The van der Waals surface area contributed by atoms with E-state index in [1.807, 2.05) is 41.8 Å². The van der Waals surface area contributed by atoms with Gasteiger partial charge in [0.25, 0.3) is 11.5 Å². The van der Waals surface area contributed by atoms with Gasteiger partial charge >= 0.3 is 0 Å². The molecule has 0 saturated heterocycles. The number of hydrogen-bond acceptors (Lipinski definition) is 4. The molecule has 0 saturated carbocycles. The molecule has 0 spiro atoms. The van der Waals surface area contributed by atoms with E-state index in [1.54, 1.807) is 17.7 Å². The van der Waals surface area contributed by atoms with Gasteiger partial charge in [-0.2, -0.15) is 0 Å². The average molecular weight is 428 g/mol. The first-order valence-electron chi connectivity index (χ1n) is 10.7. The van der Waals surface area contributed by atoms with Gasteiger partial charge in [-0.1, -0.05) is 18.2 Å². The highest BCUT2D eigenvalue weighted by Crippen LogP contribution is 2.26. The number of aromatic nitrogens is 3. The molecule has 4 aromatic rings. The number of carbonyl (C=O) groups is 1. The fraction of sp³-hybridized carbons (Fsp3) is 0.240. The van der Waals surface area contributed by atoms with Crippen molar-refractivity contribution in [2.75, 3.05) is 13.1 Å². The normalized spacial score (nSPS) is 14.1. The summed E-state index contributed by atoms with van der Waals surface area (Å²) < 4.78 is 3.65. The van der Waals surface area contributed by atoms with Crippen molar-refractivity contribution < 1.29 is 4.79 Å². The van der Waals surface area contributed by atoms with E-state index in [9.17, 15) is 9.59 Å². The van der Waals surface area contributed by atoms with E-state index < -0.39 is 5.91 Å². The monoisotopic (exact) mass is 427 g/mol. The van der Waals surface area contributed by atoms with Gasteiger partial charge in [-0.05, 0) is 66.4 Å². The van der Waals surface area contributed by atoms with Crippen LogP contribution in [0.1, 0.15) is 39.3 Å². The Morgan fingerprint density at radius 3 is 2.78 bits per heavy atom. The lowest BCUT2D eigenvalue weighted by molar-refractivity contribution is 0.0995. The second kappa shape index (κ2) is 7.76. The Bertz CT molecular complexity index is 1480. The van der Waals surface area contributed by atoms with E-state index in [2.05, 4.69) is 22.4 Å². The standard InChI is InChI=1S/C25H25N5O2/c1-15-9-12-30-21-6-3-16(14-22(21)29(2)25(32)23(15)30)13-20-18(17-7-10-27-11-8-17)4-5-19(28-20)24(26)31/h3-7,9,12,14,27H,8,10-11,13H2,1-2H3,(H2,26,31). The number of benzene rings is 1. The van der Waals surface area contributed by atoms with E-state index in [0.717, 1.165) is 52.9 Å². The first-order valence-corrected chi connectivity index (χ1v) is 10.7. The van der Waals surface area contributed by atoms with Gasteiger partial charge in [-0.25, -0.2) is 4.98 Å². The molecular weight excluding hydrogens is 402 g/mol. The number of pyridine rings is 1. The van der Waals surface area contributed by atoms with Crippen molar-refractivity contribution in [1.82, 2.24) is 19.3 Å². The Labute approximate surface area is 185 Å². The Balaban J connectivity index is 1.64. The molecule has 4 heterocycles. The Hall–Kier alpha value is -3.71. The van der Waals surface area contributed by atoms with E-state index in [1.165, 1.54) is 5.57 Å². The predicted molar refractivity (Wildman–Crippen MR) is 126 cm³/mol. The zero-order valence-corrected chi connectivity index (χ0v) is 18.2. The third-order valence-corrected chi connectivity index (χ3v) is 6.26. The van der Waals surface area contributed by atoms with Crippen molar-refractivity contribution in [3.05, 3.63) is 87.1 Å². The van der Waals surface area contributed by atoms with Crippen molar-refractivity contribution in [3.8, 4) is 0 Å². The molecule has 7 heteroatoms. The number of nitrogens with two attached hydrogens (primary N) is 1. The lowest BCUT2D eigenvalue weighted by Gasteiger charge is -2.18. The van der Waals surface area contributed by atoms with Crippen LogP contribution in [0.4, 0.5) is 0 Å². The van der Waals surface area contributed by atoms with Crippen LogP contribution >= 0.6 is 0 Å². The molecular formula is C25H25N5O2. The number of primary amides is 1. The Morgan fingerprint density at radius 2 is 2.03 bits per heavy atom. The first kappa shape index (κ1) is 20.2. The fourth-order valence-corrected chi connectivity index (χ4v) is 4.55. The lowest BCUT2D eigenvalue weighted by atomic mass is 9.95. The zero-order valence-electron chi connectivity index (χ0n) is 18.2. The quantitative estimate of drug-likeness (QED) is 0.523. The van der Waals surface area contributed by atoms with Crippen molar-refractivity contribution in [2.24, 2.45) is 12.8 Å². The van der Waals surface area contributed by atoms with Gasteiger partial charge in [0.15, 0.2) is 0 Å². The number of rotatable bonds is 4. The molecule has 1 amide bonds. The molecule has 5 rings (SSSR count). The first-order chi connectivity index (χ1) is 15.4. The summed E-state index contributed by atoms with van der Waals surface area (Å²) in [6, 6.07) is 11.7. The number of carbonyl (C=O) groups excluding carboxylic acids is 1. The van der Waals surface area contributed by atoms with Gasteiger partial charge < -0.3 is 20.0 Å². The summed E-state index contributed by atoms with van der Waals surface area (Å²) in [5.41, 5.74) is 13.3. The molecule has 0 atom stereocenters. The van der Waals surface area contributed by atoms with Gasteiger partial charge in [-0.15, -0.1) is 0 Å². The summed E-state index contributed by atoms with van der Waals surface area (Å²) >= 11 is 0.